The molecule has 4 rings (SSSR count). The molecule has 0 N–H and O–H groups in total. The molecule has 3 aromatic rings. The second-order valence-corrected chi connectivity index (χ2v) is 7.43. The molecule has 0 saturated heterocycles. The first-order valence-corrected chi connectivity index (χ1v) is 10.7. The van der Waals surface area contributed by atoms with E-state index in [1.165, 1.54) is 18.2 Å². The molecule has 8 heteroatoms. The van der Waals surface area contributed by atoms with Crippen LogP contribution < -0.4 is 0 Å². The summed E-state index contributed by atoms with van der Waals surface area (Å²) in [5, 5.41) is 0. The maximum atomic E-state index is 12.6. The molecule has 0 fully saturated rings. The van der Waals surface area contributed by atoms with Gasteiger partial charge in [-0.15, -0.1) is 0 Å². The summed E-state index contributed by atoms with van der Waals surface area (Å²) in [6, 6.07) is 24.5. The van der Waals surface area contributed by atoms with Gasteiger partial charge in [0.25, 0.3) is 0 Å². The summed E-state index contributed by atoms with van der Waals surface area (Å²) >= 11 is 0. The first-order valence-electron chi connectivity index (χ1n) is 10.7. The summed E-state index contributed by atoms with van der Waals surface area (Å²) in [5.41, 5.74) is 0.791. The van der Waals surface area contributed by atoms with E-state index < -0.39 is 41.8 Å². The molecule has 0 radical (unpaired) electrons. The minimum atomic E-state index is -1.18. The molecular formula is C27H20O8. The lowest BCUT2D eigenvalue weighted by Crippen LogP contribution is -2.42. The van der Waals surface area contributed by atoms with Crippen molar-refractivity contribution in [3.8, 4) is 0 Å². The zero-order valence-corrected chi connectivity index (χ0v) is 18.4. The van der Waals surface area contributed by atoms with Crippen molar-refractivity contribution < 1.29 is 38.1 Å². The van der Waals surface area contributed by atoms with Gasteiger partial charge in [0.05, 0.1) is 16.7 Å². The second-order valence-electron chi connectivity index (χ2n) is 7.43. The van der Waals surface area contributed by atoms with Gasteiger partial charge in [-0.2, -0.15) is 0 Å². The average molecular weight is 472 g/mol. The molecule has 0 spiro atoms. The van der Waals surface area contributed by atoms with Crippen LogP contribution in [0.3, 0.4) is 0 Å². The number of cyclic esters (lactones) is 1. The highest BCUT2D eigenvalue weighted by Crippen LogP contribution is 2.22. The molecular weight excluding hydrogens is 452 g/mol. The number of ether oxygens (including phenoxy) is 4. The molecule has 0 unspecified atom stereocenters. The van der Waals surface area contributed by atoms with Gasteiger partial charge in [0.1, 0.15) is 6.61 Å². The minimum Gasteiger partial charge on any atom is -0.458 e. The predicted molar refractivity (Wildman–Crippen MR) is 122 cm³/mol. The van der Waals surface area contributed by atoms with Gasteiger partial charge in [-0.25, -0.2) is 19.2 Å². The summed E-state index contributed by atoms with van der Waals surface area (Å²) in [5.74, 6) is -3.51. The zero-order valence-electron chi connectivity index (χ0n) is 18.4. The Morgan fingerprint density at radius 1 is 0.686 bits per heavy atom. The largest absolute Gasteiger partial charge is 0.458 e. The van der Waals surface area contributed by atoms with Crippen molar-refractivity contribution in [1.82, 2.24) is 0 Å². The highest BCUT2D eigenvalue weighted by atomic mass is 16.6. The van der Waals surface area contributed by atoms with Crippen molar-refractivity contribution in [2.45, 2.75) is 12.2 Å². The topological polar surface area (TPSA) is 105 Å². The highest BCUT2D eigenvalue weighted by Gasteiger charge is 2.37. The fraction of sp³-hybridized carbons (Fsp3) is 0.111. The van der Waals surface area contributed by atoms with Crippen molar-refractivity contribution in [3.63, 3.8) is 0 Å². The van der Waals surface area contributed by atoms with E-state index in [-0.39, 0.29) is 17.7 Å². The maximum absolute atomic E-state index is 12.6. The van der Waals surface area contributed by atoms with Gasteiger partial charge in [0.15, 0.2) is 12.2 Å². The van der Waals surface area contributed by atoms with Crippen LogP contribution in [-0.4, -0.2) is 42.7 Å². The van der Waals surface area contributed by atoms with Gasteiger partial charge in [-0.3, -0.25) is 0 Å². The quantitative estimate of drug-likeness (QED) is 0.378. The van der Waals surface area contributed by atoms with E-state index in [2.05, 4.69) is 0 Å². The summed E-state index contributed by atoms with van der Waals surface area (Å²) in [6.45, 7) is -0.386. The molecule has 0 aromatic heterocycles. The zero-order chi connectivity index (χ0) is 24.6. The van der Waals surface area contributed by atoms with Gasteiger partial charge < -0.3 is 18.9 Å². The van der Waals surface area contributed by atoms with Crippen LogP contribution in [0.4, 0.5) is 0 Å². The lowest BCUT2D eigenvalue weighted by Gasteiger charge is -2.28. The Labute approximate surface area is 200 Å². The van der Waals surface area contributed by atoms with Gasteiger partial charge in [-0.1, -0.05) is 54.6 Å². The molecule has 0 bridgehead atoms. The first kappa shape index (κ1) is 23.4. The van der Waals surface area contributed by atoms with Crippen LogP contribution in [0.5, 0.6) is 0 Å². The molecule has 1 aliphatic heterocycles. The molecule has 0 amide bonds. The Morgan fingerprint density at radius 3 is 1.71 bits per heavy atom. The molecule has 2 atom stereocenters. The van der Waals surface area contributed by atoms with Crippen LogP contribution in [0, 0.1) is 0 Å². The summed E-state index contributed by atoms with van der Waals surface area (Å²) in [6.07, 6.45) is -1.15. The molecule has 3 aromatic carbocycles. The normalized spacial score (nSPS) is 16.9. The van der Waals surface area contributed by atoms with Crippen LogP contribution in [-0.2, 0) is 23.7 Å². The fourth-order valence-corrected chi connectivity index (χ4v) is 3.22. The van der Waals surface area contributed by atoms with Crippen molar-refractivity contribution in [2.24, 2.45) is 0 Å². The molecule has 8 nitrogen and oxygen atoms in total. The van der Waals surface area contributed by atoms with E-state index in [0.717, 1.165) is 0 Å². The number of benzene rings is 3. The van der Waals surface area contributed by atoms with E-state index in [4.69, 9.17) is 18.9 Å². The van der Waals surface area contributed by atoms with Crippen molar-refractivity contribution in [1.29, 1.82) is 0 Å². The average Bonchev–Trinajstić information content (AvgIpc) is 2.90. The van der Waals surface area contributed by atoms with E-state index in [0.29, 0.717) is 5.56 Å². The van der Waals surface area contributed by atoms with Gasteiger partial charge in [0, 0.05) is 6.08 Å². The standard InChI is InChI=1S/C27H20O8/c28-24(18-10-4-1-5-11-18)32-17-23-21(33-25(29)19-12-6-2-7-13-19)16-22(27(31)35-23)34-26(30)20-14-8-3-9-15-20/h1-16,21,23H,17H2/t21-,23-/m0/s1. The summed E-state index contributed by atoms with van der Waals surface area (Å²) < 4.78 is 21.3. The predicted octanol–water partition coefficient (Wildman–Crippen LogP) is 3.74. The van der Waals surface area contributed by atoms with E-state index in [1.54, 1.807) is 78.9 Å². The number of carbonyl (C=O) groups excluding carboxylic acids is 4. The van der Waals surface area contributed by atoms with Crippen molar-refractivity contribution >= 4 is 23.9 Å². The number of hydrogen-bond donors (Lipinski definition) is 0. The molecule has 0 saturated carbocycles. The Morgan fingerprint density at radius 2 is 1.17 bits per heavy atom. The number of rotatable bonds is 7. The summed E-state index contributed by atoms with van der Waals surface area (Å²) in [7, 11) is 0. The van der Waals surface area contributed by atoms with E-state index in [9.17, 15) is 19.2 Å². The smallest absolute Gasteiger partial charge is 0.374 e. The lowest BCUT2D eigenvalue weighted by atomic mass is 10.1. The molecule has 35 heavy (non-hydrogen) atoms. The van der Waals surface area contributed by atoms with Crippen LogP contribution in [0.25, 0.3) is 0 Å². The third-order valence-corrected chi connectivity index (χ3v) is 4.99. The monoisotopic (exact) mass is 472 g/mol. The third-order valence-electron chi connectivity index (χ3n) is 4.99. The van der Waals surface area contributed by atoms with E-state index in [1.807, 2.05) is 0 Å². The van der Waals surface area contributed by atoms with Gasteiger partial charge in [0.2, 0.25) is 5.76 Å². The van der Waals surface area contributed by atoms with Crippen molar-refractivity contribution in [2.75, 3.05) is 6.61 Å². The third kappa shape index (κ3) is 6.00. The Bertz CT molecular complexity index is 1240. The van der Waals surface area contributed by atoms with E-state index >= 15 is 0 Å². The van der Waals surface area contributed by atoms with Crippen LogP contribution in [0.2, 0.25) is 0 Å². The van der Waals surface area contributed by atoms with Crippen molar-refractivity contribution in [3.05, 3.63) is 120 Å². The summed E-state index contributed by atoms with van der Waals surface area (Å²) in [4.78, 5) is 49.9. The van der Waals surface area contributed by atoms with Gasteiger partial charge >= 0.3 is 23.9 Å². The SMILES string of the molecule is O=C1O[C@@H](COC(=O)c2ccccc2)[C@@H](OC(=O)c2ccccc2)C=C1OC(=O)c1ccccc1. The minimum absolute atomic E-state index is 0.220. The Hall–Kier alpha value is -4.72. The first-order chi connectivity index (χ1) is 17.0. The lowest BCUT2D eigenvalue weighted by molar-refractivity contribution is -0.158. The Balaban J connectivity index is 1.52. The molecule has 176 valence electrons. The van der Waals surface area contributed by atoms with Gasteiger partial charge in [-0.05, 0) is 36.4 Å². The highest BCUT2D eigenvalue weighted by molar-refractivity contribution is 5.96. The maximum Gasteiger partial charge on any atom is 0.374 e. The fourth-order valence-electron chi connectivity index (χ4n) is 3.22. The second kappa shape index (κ2) is 10.9. The van der Waals surface area contributed by atoms with Crippen LogP contribution in [0.1, 0.15) is 31.1 Å². The number of esters is 4. The molecule has 0 aliphatic carbocycles. The number of hydrogen-bond acceptors (Lipinski definition) is 8. The van der Waals surface area contributed by atoms with Crippen LogP contribution >= 0.6 is 0 Å². The Kier molecular flexibility index (Phi) is 7.32. The molecule has 1 aliphatic rings. The number of carbonyl (C=O) groups is 4. The molecule has 1 heterocycles. The van der Waals surface area contributed by atoms with Crippen LogP contribution in [0.15, 0.2) is 103 Å².